The van der Waals surface area contributed by atoms with Gasteiger partial charge >= 0.3 is 15.5 Å². The van der Waals surface area contributed by atoms with Crippen LogP contribution in [0.5, 0.6) is 0 Å². The van der Waals surface area contributed by atoms with E-state index in [4.69, 9.17) is 18.4 Å². The Hall–Kier alpha value is -0.433. The average molecular weight is 235 g/mol. The predicted octanol–water partition coefficient (Wildman–Crippen LogP) is 1.17. The van der Waals surface area contributed by atoms with E-state index in [1.807, 2.05) is 13.8 Å². The molecule has 0 aromatic rings. The molecule has 0 spiro atoms. The Balaban J connectivity index is 4.08. The van der Waals surface area contributed by atoms with Crippen molar-refractivity contribution < 1.29 is 23.2 Å². The van der Waals surface area contributed by atoms with Gasteiger partial charge in [-0.3, -0.25) is 4.79 Å². The van der Waals surface area contributed by atoms with Crippen LogP contribution < -0.4 is 0 Å². The summed E-state index contributed by atoms with van der Waals surface area (Å²) in [6.45, 7) is 8.01. The SMILES string of the molecule is CCO[Si](OCC)OC(C)C(C)C(=O)O. The van der Waals surface area contributed by atoms with Gasteiger partial charge in [-0.25, -0.2) is 0 Å². The Labute approximate surface area is 92.3 Å². The molecule has 0 aromatic carbocycles. The zero-order valence-electron chi connectivity index (χ0n) is 9.65. The van der Waals surface area contributed by atoms with Gasteiger partial charge < -0.3 is 18.4 Å². The van der Waals surface area contributed by atoms with E-state index in [9.17, 15) is 4.79 Å². The summed E-state index contributed by atoms with van der Waals surface area (Å²) in [5, 5.41) is 8.77. The lowest BCUT2D eigenvalue weighted by Crippen LogP contribution is -2.36. The van der Waals surface area contributed by atoms with Gasteiger partial charge in [0.2, 0.25) is 0 Å². The normalized spacial score (nSPS) is 15.3. The van der Waals surface area contributed by atoms with Crippen molar-refractivity contribution in [2.45, 2.75) is 33.8 Å². The summed E-state index contributed by atoms with van der Waals surface area (Å²) < 4.78 is 15.9. The molecule has 0 rings (SSSR count). The van der Waals surface area contributed by atoms with Crippen LogP contribution in [0.1, 0.15) is 27.7 Å². The maximum atomic E-state index is 10.7. The highest BCUT2D eigenvalue weighted by Gasteiger charge is 2.27. The quantitative estimate of drug-likeness (QED) is 0.640. The van der Waals surface area contributed by atoms with Gasteiger partial charge in [-0.1, -0.05) is 0 Å². The first-order valence-electron chi connectivity index (χ1n) is 5.04. The van der Waals surface area contributed by atoms with Crippen molar-refractivity contribution in [2.24, 2.45) is 5.92 Å². The van der Waals surface area contributed by atoms with Gasteiger partial charge in [0.05, 0.1) is 12.0 Å². The Kier molecular flexibility index (Phi) is 7.58. The number of carbonyl (C=O) groups is 1. The molecule has 0 amide bonds. The Morgan fingerprint density at radius 3 is 2.07 bits per heavy atom. The fourth-order valence-electron chi connectivity index (χ4n) is 0.800. The van der Waals surface area contributed by atoms with E-state index >= 15 is 0 Å². The monoisotopic (exact) mass is 235 g/mol. The molecule has 0 aliphatic heterocycles. The van der Waals surface area contributed by atoms with Crippen molar-refractivity contribution >= 4 is 15.5 Å². The first-order valence-corrected chi connectivity index (χ1v) is 6.27. The summed E-state index contributed by atoms with van der Waals surface area (Å²) in [6, 6.07) is 0. The first kappa shape index (κ1) is 14.6. The molecular weight excluding hydrogens is 216 g/mol. The van der Waals surface area contributed by atoms with Gasteiger partial charge in [-0.15, -0.1) is 0 Å². The van der Waals surface area contributed by atoms with E-state index < -0.39 is 27.5 Å². The van der Waals surface area contributed by atoms with Gasteiger partial charge in [-0.2, -0.15) is 0 Å². The molecule has 1 N–H and O–H groups in total. The first-order chi connectivity index (χ1) is 7.02. The summed E-state index contributed by atoms with van der Waals surface area (Å²) in [6.07, 6.45) is -0.408. The Morgan fingerprint density at radius 2 is 1.73 bits per heavy atom. The van der Waals surface area contributed by atoms with E-state index in [1.54, 1.807) is 13.8 Å². The van der Waals surface area contributed by atoms with Crippen LogP contribution in [0.3, 0.4) is 0 Å². The molecule has 0 aliphatic carbocycles. The largest absolute Gasteiger partial charge is 0.577 e. The van der Waals surface area contributed by atoms with Gasteiger partial charge in [0.25, 0.3) is 0 Å². The van der Waals surface area contributed by atoms with E-state index in [-0.39, 0.29) is 0 Å². The second kappa shape index (κ2) is 7.81. The number of rotatable bonds is 8. The number of aliphatic carboxylic acids is 1. The zero-order valence-corrected chi connectivity index (χ0v) is 10.6. The van der Waals surface area contributed by atoms with Crippen LogP contribution in [0.2, 0.25) is 0 Å². The van der Waals surface area contributed by atoms with Crippen molar-refractivity contribution in [3.8, 4) is 0 Å². The predicted molar refractivity (Wildman–Crippen MR) is 56.4 cm³/mol. The molecule has 2 unspecified atom stereocenters. The molecule has 0 saturated heterocycles. The second-order valence-electron chi connectivity index (χ2n) is 3.07. The van der Waals surface area contributed by atoms with E-state index in [0.29, 0.717) is 13.2 Å². The molecular formula is C9H19O5Si. The van der Waals surface area contributed by atoms with Crippen molar-refractivity contribution in [3.63, 3.8) is 0 Å². The Morgan fingerprint density at radius 1 is 1.27 bits per heavy atom. The van der Waals surface area contributed by atoms with E-state index in [2.05, 4.69) is 0 Å². The fraction of sp³-hybridized carbons (Fsp3) is 0.889. The molecule has 15 heavy (non-hydrogen) atoms. The molecule has 0 heterocycles. The van der Waals surface area contributed by atoms with Crippen molar-refractivity contribution in [3.05, 3.63) is 0 Å². The highest BCUT2D eigenvalue weighted by Crippen LogP contribution is 2.09. The summed E-state index contributed by atoms with van der Waals surface area (Å²) >= 11 is 0. The van der Waals surface area contributed by atoms with Gasteiger partial charge in [0.15, 0.2) is 0 Å². The van der Waals surface area contributed by atoms with Crippen LogP contribution >= 0.6 is 0 Å². The van der Waals surface area contributed by atoms with Crippen molar-refractivity contribution in [1.82, 2.24) is 0 Å². The number of hydrogen-bond donors (Lipinski definition) is 1. The second-order valence-corrected chi connectivity index (χ2v) is 4.38. The minimum absolute atomic E-state index is 0.408. The minimum Gasteiger partial charge on any atom is -0.481 e. The molecule has 0 bridgehead atoms. The molecule has 0 aromatic heterocycles. The van der Waals surface area contributed by atoms with E-state index in [1.165, 1.54) is 0 Å². The smallest absolute Gasteiger partial charge is 0.481 e. The van der Waals surface area contributed by atoms with Crippen LogP contribution in [-0.4, -0.2) is 39.9 Å². The topological polar surface area (TPSA) is 65.0 Å². The lowest BCUT2D eigenvalue weighted by Gasteiger charge is -2.20. The van der Waals surface area contributed by atoms with Crippen LogP contribution in [0.15, 0.2) is 0 Å². The molecule has 0 aliphatic rings. The summed E-state index contributed by atoms with van der Waals surface area (Å²) in [4.78, 5) is 10.7. The summed E-state index contributed by atoms with van der Waals surface area (Å²) in [5.74, 6) is -1.44. The third kappa shape index (κ3) is 5.88. The van der Waals surface area contributed by atoms with Crippen LogP contribution in [0.4, 0.5) is 0 Å². The van der Waals surface area contributed by atoms with Gasteiger partial charge in [0.1, 0.15) is 0 Å². The number of carboxylic acid groups (broad SMARTS) is 1. The van der Waals surface area contributed by atoms with Crippen LogP contribution in [0, 0.1) is 5.92 Å². The highest BCUT2D eigenvalue weighted by atomic mass is 28.3. The standard InChI is InChI=1S/C9H19O5Si/c1-5-12-15(13-6-2)14-8(4)7(3)9(10)11/h7-8H,5-6H2,1-4H3,(H,10,11). The summed E-state index contributed by atoms with van der Waals surface area (Å²) in [5.41, 5.74) is 0. The van der Waals surface area contributed by atoms with Crippen LogP contribution in [-0.2, 0) is 18.1 Å². The maximum Gasteiger partial charge on any atom is 0.577 e. The highest BCUT2D eigenvalue weighted by molar-refractivity contribution is 6.36. The van der Waals surface area contributed by atoms with E-state index in [0.717, 1.165) is 0 Å². The maximum absolute atomic E-state index is 10.7. The molecule has 0 saturated carbocycles. The third-order valence-corrected chi connectivity index (χ3v) is 3.51. The Bertz CT molecular complexity index is 181. The minimum atomic E-state index is -1.79. The van der Waals surface area contributed by atoms with Crippen molar-refractivity contribution in [1.29, 1.82) is 0 Å². The molecule has 0 fully saturated rings. The number of carboxylic acids is 1. The summed E-state index contributed by atoms with van der Waals surface area (Å²) in [7, 11) is -1.79. The molecule has 2 atom stereocenters. The molecule has 89 valence electrons. The molecule has 6 heteroatoms. The van der Waals surface area contributed by atoms with Gasteiger partial charge in [0, 0.05) is 13.2 Å². The van der Waals surface area contributed by atoms with Crippen LogP contribution in [0.25, 0.3) is 0 Å². The average Bonchev–Trinajstić information content (AvgIpc) is 2.17. The third-order valence-electron chi connectivity index (χ3n) is 1.90. The zero-order chi connectivity index (χ0) is 11.8. The molecule has 5 nitrogen and oxygen atoms in total. The lowest BCUT2D eigenvalue weighted by molar-refractivity contribution is -0.144. The lowest BCUT2D eigenvalue weighted by atomic mass is 10.1. The fourth-order valence-corrected chi connectivity index (χ4v) is 2.00. The van der Waals surface area contributed by atoms with Crippen molar-refractivity contribution in [2.75, 3.05) is 13.2 Å². The van der Waals surface area contributed by atoms with Gasteiger partial charge in [-0.05, 0) is 27.7 Å². The number of hydrogen-bond acceptors (Lipinski definition) is 4. The molecule has 1 radical (unpaired) electrons.